The van der Waals surface area contributed by atoms with E-state index in [9.17, 15) is 14.0 Å². The standard InChI is InChI=1S/C32H34ClFN2O4/c1-17(2)22-8-7-9-23(12-22)19(4)35-31(37)24-10-11-29-26(13-24)18(3)20(5)36(29)16-25-14-30(28(34)15-27(25)33)40-21(6)32(38)39/h7-15,17,19,21H,16H2,1-6H3,(H,35,37)(H,38,39)/t19-,21?/m0/s1. The number of rotatable bonds is 9. The van der Waals surface area contributed by atoms with Gasteiger partial charge in [-0.15, -0.1) is 0 Å². The second-order valence-corrected chi connectivity index (χ2v) is 10.9. The Morgan fingerprint density at radius 2 is 1.73 bits per heavy atom. The molecule has 0 aliphatic carbocycles. The molecular formula is C32H34ClFN2O4. The van der Waals surface area contributed by atoms with E-state index >= 15 is 0 Å². The van der Waals surface area contributed by atoms with Crippen molar-refractivity contribution in [3.05, 3.63) is 98.9 Å². The molecule has 1 aromatic heterocycles. The lowest BCUT2D eigenvalue weighted by molar-refractivity contribution is -0.144. The minimum Gasteiger partial charge on any atom is -0.479 e. The van der Waals surface area contributed by atoms with Gasteiger partial charge in [0.15, 0.2) is 17.7 Å². The van der Waals surface area contributed by atoms with Crippen molar-refractivity contribution in [1.29, 1.82) is 0 Å². The van der Waals surface area contributed by atoms with Gasteiger partial charge in [-0.3, -0.25) is 4.79 Å². The summed E-state index contributed by atoms with van der Waals surface area (Å²) in [6.45, 7) is 11.9. The van der Waals surface area contributed by atoms with E-state index in [1.807, 2.05) is 49.6 Å². The summed E-state index contributed by atoms with van der Waals surface area (Å²) in [5, 5.41) is 13.4. The molecular weight excluding hydrogens is 531 g/mol. The summed E-state index contributed by atoms with van der Waals surface area (Å²) < 4.78 is 21.8. The molecule has 8 heteroatoms. The molecule has 4 rings (SSSR count). The zero-order valence-electron chi connectivity index (χ0n) is 23.5. The van der Waals surface area contributed by atoms with Crippen molar-refractivity contribution < 1.29 is 23.8 Å². The maximum Gasteiger partial charge on any atom is 0.344 e. The van der Waals surface area contributed by atoms with Crippen molar-refractivity contribution in [2.75, 3.05) is 0 Å². The van der Waals surface area contributed by atoms with Gasteiger partial charge in [-0.2, -0.15) is 0 Å². The van der Waals surface area contributed by atoms with Gasteiger partial charge in [0.05, 0.1) is 6.04 Å². The number of carboxylic acids is 1. The zero-order valence-corrected chi connectivity index (χ0v) is 24.3. The second-order valence-electron chi connectivity index (χ2n) is 10.5. The Kier molecular flexibility index (Phi) is 8.54. The fourth-order valence-corrected chi connectivity index (χ4v) is 4.95. The lowest BCUT2D eigenvalue weighted by atomic mass is 9.98. The molecule has 0 fully saturated rings. The smallest absolute Gasteiger partial charge is 0.344 e. The first kappa shape index (κ1) is 29.2. The van der Waals surface area contributed by atoms with Crippen LogP contribution in [0, 0.1) is 19.7 Å². The Labute approximate surface area is 238 Å². The molecule has 1 unspecified atom stereocenters. The number of nitrogens with zero attached hydrogens (tertiary/aromatic N) is 1. The number of carbonyl (C=O) groups excluding carboxylic acids is 1. The number of halogens is 2. The predicted molar refractivity (Wildman–Crippen MR) is 156 cm³/mol. The van der Waals surface area contributed by atoms with Gasteiger partial charge < -0.3 is 19.7 Å². The molecule has 1 amide bonds. The Morgan fingerprint density at radius 1 is 1.02 bits per heavy atom. The average Bonchev–Trinajstić information content (AvgIpc) is 3.15. The highest BCUT2D eigenvalue weighted by molar-refractivity contribution is 6.31. The van der Waals surface area contributed by atoms with Crippen LogP contribution in [0.4, 0.5) is 4.39 Å². The Morgan fingerprint density at radius 3 is 2.40 bits per heavy atom. The molecule has 3 aromatic carbocycles. The summed E-state index contributed by atoms with van der Waals surface area (Å²) in [7, 11) is 0. The largest absolute Gasteiger partial charge is 0.479 e. The Hall–Kier alpha value is -3.84. The van der Waals surface area contributed by atoms with Crippen molar-refractivity contribution in [3.63, 3.8) is 0 Å². The van der Waals surface area contributed by atoms with Gasteiger partial charge in [-0.1, -0.05) is 49.7 Å². The minimum absolute atomic E-state index is 0.157. The summed E-state index contributed by atoms with van der Waals surface area (Å²) >= 11 is 6.38. The molecule has 6 nitrogen and oxygen atoms in total. The predicted octanol–water partition coefficient (Wildman–Crippen LogP) is 7.57. The number of hydrogen-bond acceptors (Lipinski definition) is 3. The summed E-state index contributed by atoms with van der Waals surface area (Å²) in [5.41, 5.74) is 6.28. The van der Waals surface area contributed by atoms with Crippen LogP contribution in [0.25, 0.3) is 10.9 Å². The van der Waals surface area contributed by atoms with E-state index in [1.165, 1.54) is 18.6 Å². The number of fused-ring (bicyclic) bond motifs is 1. The summed E-state index contributed by atoms with van der Waals surface area (Å²) in [6.07, 6.45) is -1.22. The molecule has 0 radical (unpaired) electrons. The molecule has 0 saturated carbocycles. The first-order valence-corrected chi connectivity index (χ1v) is 13.6. The van der Waals surface area contributed by atoms with Crippen molar-refractivity contribution in [3.8, 4) is 5.75 Å². The fourth-order valence-electron chi connectivity index (χ4n) is 4.74. The first-order chi connectivity index (χ1) is 18.9. The summed E-state index contributed by atoms with van der Waals surface area (Å²) in [4.78, 5) is 24.4. The van der Waals surface area contributed by atoms with Gasteiger partial charge in [-0.05, 0) is 86.2 Å². The number of carbonyl (C=O) groups is 2. The SMILES string of the molecule is Cc1c(C)n(Cc2cc(OC(C)C(=O)O)c(F)cc2Cl)c2ccc(C(=O)N[C@@H](C)c3cccc(C(C)C)c3)cc12. The van der Waals surface area contributed by atoms with Crippen LogP contribution in [0.2, 0.25) is 5.02 Å². The number of aliphatic carboxylic acids is 1. The Balaban J connectivity index is 1.61. The van der Waals surface area contributed by atoms with Crippen LogP contribution in [0.1, 0.15) is 78.0 Å². The second kappa shape index (κ2) is 11.7. The molecule has 1 heterocycles. The van der Waals surface area contributed by atoms with Crippen molar-refractivity contribution >= 4 is 34.4 Å². The lowest BCUT2D eigenvalue weighted by Gasteiger charge is -2.17. The molecule has 0 saturated heterocycles. The quantitative estimate of drug-likeness (QED) is 0.220. The van der Waals surface area contributed by atoms with E-state index < -0.39 is 17.9 Å². The van der Waals surface area contributed by atoms with Crippen molar-refractivity contribution in [2.24, 2.45) is 0 Å². The normalized spacial score (nSPS) is 12.9. The highest BCUT2D eigenvalue weighted by Gasteiger charge is 2.20. The molecule has 0 spiro atoms. The van der Waals surface area contributed by atoms with Crippen LogP contribution in [0.3, 0.4) is 0 Å². The van der Waals surface area contributed by atoms with Crippen molar-refractivity contribution in [1.82, 2.24) is 9.88 Å². The van der Waals surface area contributed by atoms with Crippen LogP contribution in [0.15, 0.2) is 54.6 Å². The number of hydrogen-bond donors (Lipinski definition) is 2. The minimum atomic E-state index is -1.22. The van der Waals surface area contributed by atoms with E-state index in [2.05, 4.69) is 31.3 Å². The topological polar surface area (TPSA) is 80.6 Å². The molecule has 210 valence electrons. The van der Waals surface area contributed by atoms with Gasteiger partial charge in [-0.25, -0.2) is 9.18 Å². The van der Waals surface area contributed by atoms with Gasteiger partial charge in [0.25, 0.3) is 5.91 Å². The molecule has 2 N–H and O–H groups in total. The van der Waals surface area contributed by atoms with Crippen LogP contribution in [-0.2, 0) is 11.3 Å². The van der Waals surface area contributed by atoms with Crippen LogP contribution < -0.4 is 10.1 Å². The number of amides is 1. The maximum absolute atomic E-state index is 14.5. The number of aromatic nitrogens is 1. The molecule has 0 aliphatic heterocycles. The third-order valence-electron chi connectivity index (χ3n) is 7.41. The average molecular weight is 565 g/mol. The maximum atomic E-state index is 14.5. The van der Waals surface area contributed by atoms with Gasteiger partial charge in [0.2, 0.25) is 0 Å². The third kappa shape index (κ3) is 5.99. The number of carboxylic acid groups (broad SMARTS) is 1. The number of ether oxygens (including phenoxy) is 1. The molecule has 0 aliphatic rings. The number of aryl methyl sites for hydroxylation is 1. The van der Waals surface area contributed by atoms with E-state index in [4.69, 9.17) is 21.4 Å². The molecule has 2 atom stereocenters. The monoisotopic (exact) mass is 564 g/mol. The van der Waals surface area contributed by atoms with Crippen molar-refractivity contribution in [2.45, 2.75) is 66.2 Å². The zero-order chi connectivity index (χ0) is 29.3. The molecule has 40 heavy (non-hydrogen) atoms. The van der Waals surface area contributed by atoms with E-state index in [1.54, 1.807) is 6.07 Å². The van der Waals surface area contributed by atoms with Crippen LogP contribution in [-0.4, -0.2) is 27.7 Å². The first-order valence-electron chi connectivity index (χ1n) is 13.2. The molecule has 4 aromatic rings. The third-order valence-corrected chi connectivity index (χ3v) is 7.76. The van der Waals surface area contributed by atoms with Gasteiger partial charge >= 0.3 is 5.97 Å². The Bertz CT molecular complexity index is 1590. The number of benzene rings is 3. The van der Waals surface area contributed by atoms with Crippen LogP contribution >= 0.6 is 11.6 Å². The summed E-state index contributed by atoms with van der Waals surface area (Å²) in [6, 6.07) is 16.3. The van der Waals surface area contributed by atoms with E-state index in [0.717, 1.165) is 33.8 Å². The highest BCUT2D eigenvalue weighted by atomic mass is 35.5. The summed E-state index contributed by atoms with van der Waals surface area (Å²) in [5.74, 6) is -1.86. The highest BCUT2D eigenvalue weighted by Crippen LogP contribution is 2.32. The van der Waals surface area contributed by atoms with E-state index in [0.29, 0.717) is 23.6 Å². The number of nitrogens with one attached hydrogen (secondary N) is 1. The van der Waals surface area contributed by atoms with Crippen LogP contribution in [0.5, 0.6) is 5.75 Å². The van der Waals surface area contributed by atoms with Gasteiger partial charge in [0, 0.05) is 33.7 Å². The van der Waals surface area contributed by atoms with E-state index in [-0.39, 0.29) is 22.7 Å². The van der Waals surface area contributed by atoms with Gasteiger partial charge in [0.1, 0.15) is 0 Å². The lowest BCUT2D eigenvalue weighted by Crippen LogP contribution is -2.26. The fraction of sp³-hybridized carbons (Fsp3) is 0.312. The molecule has 0 bridgehead atoms.